The van der Waals surface area contributed by atoms with Crippen molar-refractivity contribution < 1.29 is 13.3 Å². The molecule has 0 bridgehead atoms. The Balaban J connectivity index is 2.19. The summed E-state index contributed by atoms with van der Waals surface area (Å²) in [6, 6.07) is 12.9. The van der Waals surface area contributed by atoms with Gasteiger partial charge in [-0.3, -0.25) is 0 Å². The fourth-order valence-electron chi connectivity index (χ4n) is 4.88. The van der Waals surface area contributed by atoms with Gasteiger partial charge in [0.2, 0.25) is 5.52 Å². The van der Waals surface area contributed by atoms with Crippen molar-refractivity contribution in [2.24, 2.45) is 7.05 Å². The number of nitrogens with zero attached hydrogens (tertiary/aromatic N) is 2. The average Bonchev–Trinajstić information content (AvgIpc) is 3.03. The van der Waals surface area contributed by atoms with Crippen molar-refractivity contribution in [1.29, 1.82) is 0 Å². The van der Waals surface area contributed by atoms with Gasteiger partial charge < -0.3 is 4.40 Å². The van der Waals surface area contributed by atoms with Gasteiger partial charge in [0, 0.05) is 16.8 Å². The van der Waals surface area contributed by atoms with Gasteiger partial charge in [-0.15, -0.1) is 0 Å². The molecule has 0 amide bonds. The van der Waals surface area contributed by atoms with Gasteiger partial charge in [0.1, 0.15) is 18.7 Å². The van der Waals surface area contributed by atoms with Crippen LogP contribution in [0.1, 0.15) is 11.1 Å². The first kappa shape index (κ1) is 15.8. The summed E-state index contributed by atoms with van der Waals surface area (Å²) in [5, 5.41) is 4.34. The van der Waals surface area contributed by atoms with Crippen molar-refractivity contribution in [3.8, 4) is 0 Å². The zero-order valence-electron chi connectivity index (χ0n) is 15.8. The minimum Gasteiger partial charge on any atom is -0.307 e. The molecule has 4 heteroatoms. The van der Waals surface area contributed by atoms with E-state index in [1.807, 2.05) is 61.8 Å². The molecule has 0 unspecified atom stereocenters. The second kappa shape index (κ2) is 4.96. The molecule has 0 fully saturated rings. The molecule has 0 spiro atoms. The highest BCUT2D eigenvalue weighted by molar-refractivity contribution is 6.26. The van der Waals surface area contributed by atoms with E-state index in [2.05, 4.69) is 4.57 Å². The standard InChI is InChI=1S/C24H17F2N2/c1-12-13(2)22(26)21-16-6-4-5-7-17(16)28-18-11-15(25)10-14-8-9-27(3)23(20(14)18)19(12)24(21)28/h4-11H,1-3H3/q+1. The van der Waals surface area contributed by atoms with Gasteiger partial charge in [-0.1, -0.05) is 18.2 Å². The van der Waals surface area contributed by atoms with Crippen molar-refractivity contribution in [3.63, 3.8) is 0 Å². The Labute approximate surface area is 159 Å². The van der Waals surface area contributed by atoms with Crippen LogP contribution in [0.4, 0.5) is 8.78 Å². The molecule has 0 N–H and O–H groups in total. The first-order valence-electron chi connectivity index (χ1n) is 9.33. The third kappa shape index (κ3) is 1.65. The first-order valence-corrected chi connectivity index (χ1v) is 9.33. The molecule has 3 aromatic heterocycles. The van der Waals surface area contributed by atoms with E-state index >= 15 is 4.39 Å². The number of rotatable bonds is 0. The van der Waals surface area contributed by atoms with Gasteiger partial charge in [-0.2, -0.15) is 0 Å². The van der Waals surface area contributed by atoms with Gasteiger partial charge in [0.05, 0.1) is 27.3 Å². The van der Waals surface area contributed by atoms with Crippen LogP contribution in [-0.2, 0) is 7.05 Å². The van der Waals surface area contributed by atoms with Gasteiger partial charge in [-0.25, -0.2) is 13.3 Å². The third-order valence-corrected chi connectivity index (χ3v) is 6.26. The summed E-state index contributed by atoms with van der Waals surface area (Å²) < 4.78 is 34.1. The van der Waals surface area contributed by atoms with Crippen LogP contribution in [0.5, 0.6) is 0 Å². The Bertz CT molecular complexity index is 1610. The zero-order valence-corrected chi connectivity index (χ0v) is 15.8. The highest BCUT2D eigenvalue weighted by atomic mass is 19.1. The fourth-order valence-corrected chi connectivity index (χ4v) is 4.88. The predicted octanol–water partition coefficient (Wildman–Crippen LogP) is 5.71. The van der Waals surface area contributed by atoms with Crippen LogP contribution in [0.3, 0.4) is 0 Å². The van der Waals surface area contributed by atoms with Gasteiger partial charge in [0.15, 0.2) is 6.20 Å². The maximum absolute atomic E-state index is 15.5. The Morgan fingerprint density at radius 1 is 0.857 bits per heavy atom. The molecule has 28 heavy (non-hydrogen) atoms. The fraction of sp³-hybridized carbons (Fsp3) is 0.125. The smallest absolute Gasteiger partial charge is 0.224 e. The van der Waals surface area contributed by atoms with E-state index < -0.39 is 0 Å². The number of hydrogen-bond acceptors (Lipinski definition) is 0. The molecule has 0 aliphatic heterocycles. The second-order valence-corrected chi connectivity index (χ2v) is 7.68. The number of hydrogen-bond donors (Lipinski definition) is 0. The predicted molar refractivity (Wildman–Crippen MR) is 109 cm³/mol. The summed E-state index contributed by atoms with van der Waals surface area (Å²) in [5.41, 5.74) is 5.07. The average molecular weight is 371 g/mol. The van der Waals surface area contributed by atoms with Crippen molar-refractivity contribution in [3.05, 3.63) is 71.4 Å². The quantitative estimate of drug-likeness (QED) is 0.184. The highest BCUT2D eigenvalue weighted by Crippen LogP contribution is 2.43. The monoisotopic (exact) mass is 371 g/mol. The SMILES string of the molecule is Cc1c(F)c2c3ccccc3n3c4cc(F)cc5cc[n+](C)c(c(c1C)c23)c54. The van der Waals surface area contributed by atoms with Crippen molar-refractivity contribution in [2.45, 2.75) is 13.8 Å². The van der Waals surface area contributed by atoms with Gasteiger partial charge in [-0.05, 0) is 48.6 Å². The van der Waals surface area contributed by atoms with Crippen LogP contribution in [0.15, 0.2) is 48.7 Å². The Hall–Kier alpha value is -3.27. The lowest BCUT2D eigenvalue weighted by Gasteiger charge is -2.14. The van der Waals surface area contributed by atoms with Crippen molar-refractivity contribution in [1.82, 2.24) is 4.40 Å². The molecule has 0 saturated heterocycles. The zero-order chi connectivity index (χ0) is 19.3. The van der Waals surface area contributed by atoms with Crippen LogP contribution >= 0.6 is 0 Å². The van der Waals surface area contributed by atoms with Crippen LogP contribution in [0, 0.1) is 25.5 Å². The lowest BCUT2D eigenvalue weighted by molar-refractivity contribution is -0.643. The molecular formula is C24H17F2N2+. The maximum Gasteiger partial charge on any atom is 0.224 e. The van der Waals surface area contributed by atoms with Crippen molar-refractivity contribution in [2.75, 3.05) is 0 Å². The van der Waals surface area contributed by atoms with Crippen LogP contribution < -0.4 is 4.57 Å². The Kier molecular flexibility index (Phi) is 2.79. The van der Waals surface area contributed by atoms with E-state index in [-0.39, 0.29) is 11.6 Å². The number of fused-ring (bicyclic) bond motifs is 5. The van der Waals surface area contributed by atoms with Crippen LogP contribution in [0.2, 0.25) is 0 Å². The number of benzene rings is 3. The van der Waals surface area contributed by atoms with Gasteiger partial charge >= 0.3 is 0 Å². The molecule has 0 aliphatic carbocycles. The molecule has 136 valence electrons. The second-order valence-electron chi connectivity index (χ2n) is 7.68. The van der Waals surface area contributed by atoms with E-state index in [4.69, 9.17) is 0 Å². The first-order chi connectivity index (χ1) is 13.5. The van der Waals surface area contributed by atoms with E-state index in [0.29, 0.717) is 10.9 Å². The third-order valence-electron chi connectivity index (χ3n) is 6.26. The summed E-state index contributed by atoms with van der Waals surface area (Å²) in [6.07, 6.45) is 1.95. The van der Waals surface area contributed by atoms with E-state index in [1.54, 1.807) is 12.1 Å². The number of aryl methyl sites for hydroxylation is 2. The van der Waals surface area contributed by atoms with E-state index in [1.165, 1.54) is 0 Å². The molecule has 0 saturated carbocycles. The minimum absolute atomic E-state index is 0.194. The molecule has 0 aliphatic rings. The summed E-state index contributed by atoms with van der Waals surface area (Å²) in [5.74, 6) is -0.484. The van der Waals surface area contributed by atoms with Crippen LogP contribution in [-0.4, -0.2) is 4.40 Å². The number of para-hydroxylation sites is 1. The molecule has 3 heterocycles. The normalized spacial score (nSPS) is 12.5. The number of pyridine rings is 2. The Morgan fingerprint density at radius 2 is 1.64 bits per heavy atom. The molecule has 0 radical (unpaired) electrons. The Morgan fingerprint density at radius 3 is 2.46 bits per heavy atom. The number of aromatic nitrogens is 2. The molecular weight excluding hydrogens is 354 g/mol. The van der Waals surface area contributed by atoms with E-state index in [9.17, 15) is 4.39 Å². The molecule has 6 rings (SSSR count). The molecule has 3 aromatic carbocycles. The molecule has 0 atom stereocenters. The summed E-state index contributed by atoms with van der Waals surface area (Å²) in [4.78, 5) is 0. The topological polar surface area (TPSA) is 8.29 Å². The van der Waals surface area contributed by atoms with E-state index in [0.717, 1.165) is 49.2 Å². The summed E-state index contributed by atoms with van der Waals surface area (Å²) in [7, 11) is 1.99. The van der Waals surface area contributed by atoms with Crippen LogP contribution in [0.25, 0.3) is 49.0 Å². The van der Waals surface area contributed by atoms with Crippen molar-refractivity contribution >= 4 is 49.0 Å². The summed E-state index contributed by atoms with van der Waals surface area (Å²) in [6.45, 7) is 3.82. The number of halogens is 2. The largest absolute Gasteiger partial charge is 0.307 e. The lowest BCUT2D eigenvalue weighted by atomic mass is 9.96. The minimum atomic E-state index is -0.291. The maximum atomic E-state index is 15.5. The lowest BCUT2D eigenvalue weighted by Crippen LogP contribution is -2.29. The molecule has 6 aromatic rings. The molecule has 2 nitrogen and oxygen atoms in total. The highest BCUT2D eigenvalue weighted by Gasteiger charge is 2.27. The summed E-state index contributed by atoms with van der Waals surface area (Å²) >= 11 is 0. The van der Waals surface area contributed by atoms with Gasteiger partial charge in [0.25, 0.3) is 0 Å².